The zero-order valence-electron chi connectivity index (χ0n) is 15.0. The standard InChI is InChI=1S/C18H25N5O2.HI/c1-19-18(21-13-17-6-9-25-22-17)20-12-15-4-2-3-5-16(15)14-23-7-10-24-11-8-23;/h2-6,9H,7-8,10-14H2,1H3,(H2,19,20,21);1H. The molecule has 0 bridgehead atoms. The van der Waals surface area contributed by atoms with Gasteiger partial charge in [0.05, 0.1) is 19.8 Å². The van der Waals surface area contributed by atoms with Gasteiger partial charge in [-0.15, -0.1) is 24.0 Å². The Kier molecular flexibility index (Phi) is 8.86. The lowest BCUT2D eigenvalue weighted by atomic mass is 10.1. The van der Waals surface area contributed by atoms with Gasteiger partial charge in [0.25, 0.3) is 0 Å². The molecule has 0 unspecified atom stereocenters. The first-order valence-corrected chi connectivity index (χ1v) is 8.56. The number of hydrogen-bond donors (Lipinski definition) is 2. The molecule has 2 aromatic rings. The van der Waals surface area contributed by atoms with Gasteiger partial charge in [0.2, 0.25) is 0 Å². The van der Waals surface area contributed by atoms with E-state index >= 15 is 0 Å². The lowest BCUT2D eigenvalue weighted by Crippen LogP contribution is -2.37. The van der Waals surface area contributed by atoms with Crippen molar-refractivity contribution in [1.82, 2.24) is 20.7 Å². The van der Waals surface area contributed by atoms with Gasteiger partial charge in [0.1, 0.15) is 12.0 Å². The third-order valence-electron chi connectivity index (χ3n) is 4.21. The van der Waals surface area contributed by atoms with Crippen LogP contribution in [0, 0.1) is 0 Å². The maximum absolute atomic E-state index is 5.43. The summed E-state index contributed by atoms with van der Waals surface area (Å²) in [6.45, 7) is 5.86. The van der Waals surface area contributed by atoms with E-state index in [2.05, 4.69) is 49.9 Å². The van der Waals surface area contributed by atoms with Crippen LogP contribution in [0.5, 0.6) is 0 Å². The molecule has 2 N–H and O–H groups in total. The second kappa shape index (κ2) is 11.1. The van der Waals surface area contributed by atoms with Crippen molar-refractivity contribution in [3.63, 3.8) is 0 Å². The number of aromatic nitrogens is 1. The molecule has 1 aliphatic rings. The van der Waals surface area contributed by atoms with Crippen molar-refractivity contribution in [1.29, 1.82) is 0 Å². The van der Waals surface area contributed by atoms with Gasteiger partial charge in [-0.1, -0.05) is 29.4 Å². The maximum Gasteiger partial charge on any atom is 0.191 e. The highest BCUT2D eigenvalue weighted by Crippen LogP contribution is 2.13. The second-order valence-corrected chi connectivity index (χ2v) is 5.93. The van der Waals surface area contributed by atoms with Gasteiger partial charge in [-0.2, -0.15) is 0 Å². The highest BCUT2D eigenvalue weighted by molar-refractivity contribution is 14.0. The maximum atomic E-state index is 5.43. The van der Waals surface area contributed by atoms with E-state index < -0.39 is 0 Å². The topological polar surface area (TPSA) is 74.9 Å². The van der Waals surface area contributed by atoms with Gasteiger partial charge in [-0.25, -0.2) is 0 Å². The van der Waals surface area contributed by atoms with Gasteiger partial charge >= 0.3 is 0 Å². The number of guanidine groups is 1. The number of rotatable bonds is 6. The van der Waals surface area contributed by atoms with Gasteiger partial charge in [0.15, 0.2) is 5.96 Å². The number of morpholine rings is 1. The Morgan fingerprint density at radius 1 is 1.12 bits per heavy atom. The zero-order chi connectivity index (χ0) is 17.3. The fourth-order valence-corrected chi connectivity index (χ4v) is 2.79. The van der Waals surface area contributed by atoms with Crippen LogP contribution in [-0.2, 0) is 24.4 Å². The summed E-state index contributed by atoms with van der Waals surface area (Å²) in [7, 11) is 1.76. The van der Waals surface area contributed by atoms with Crippen LogP contribution in [0.4, 0.5) is 0 Å². The number of benzene rings is 1. The Hall–Kier alpha value is -1.65. The Balaban J connectivity index is 0.00000243. The lowest BCUT2D eigenvalue weighted by molar-refractivity contribution is 0.0341. The summed E-state index contributed by atoms with van der Waals surface area (Å²) in [6.07, 6.45) is 1.56. The smallest absolute Gasteiger partial charge is 0.191 e. The van der Waals surface area contributed by atoms with E-state index in [-0.39, 0.29) is 24.0 Å². The van der Waals surface area contributed by atoms with Crippen LogP contribution in [0.25, 0.3) is 0 Å². The van der Waals surface area contributed by atoms with E-state index in [0.29, 0.717) is 6.54 Å². The van der Waals surface area contributed by atoms with Crippen molar-refractivity contribution in [2.75, 3.05) is 33.4 Å². The summed E-state index contributed by atoms with van der Waals surface area (Å²) < 4.78 is 10.3. The first-order chi connectivity index (χ1) is 12.3. The molecule has 1 aromatic carbocycles. The minimum absolute atomic E-state index is 0. The summed E-state index contributed by atoms with van der Waals surface area (Å²) in [6, 6.07) is 10.4. The van der Waals surface area contributed by atoms with Crippen molar-refractivity contribution in [2.24, 2.45) is 4.99 Å². The predicted molar refractivity (Wildman–Crippen MR) is 111 cm³/mol. The SMILES string of the molecule is CN=C(NCc1ccon1)NCc1ccccc1CN1CCOCC1.I. The monoisotopic (exact) mass is 471 g/mol. The largest absolute Gasteiger partial charge is 0.379 e. The second-order valence-electron chi connectivity index (χ2n) is 5.93. The minimum Gasteiger partial charge on any atom is -0.379 e. The van der Waals surface area contributed by atoms with E-state index in [1.165, 1.54) is 11.1 Å². The molecule has 3 rings (SSSR count). The summed E-state index contributed by atoms with van der Waals surface area (Å²) in [5.74, 6) is 0.740. The third-order valence-corrected chi connectivity index (χ3v) is 4.21. The minimum atomic E-state index is 0. The highest BCUT2D eigenvalue weighted by atomic mass is 127. The molecule has 1 aromatic heterocycles. The first kappa shape index (κ1) is 20.7. The van der Waals surface area contributed by atoms with Crippen LogP contribution in [0.15, 0.2) is 46.1 Å². The number of ether oxygens (including phenoxy) is 1. The summed E-state index contributed by atoms with van der Waals surface area (Å²) in [5.41, 5.74) is 3.46. The number of aliphatic imine (C=N–C) groups is 1. The molecule has 1 fully saturated rings. The quantitative estimate of drug-likeness (QED) is 0.382. The summed E-state index contributed by atoms with van der Waals surface area (Å²) in [5, 5.41) is 10.5. The van der Waals surface area contributed by atoms with Gasteiger partial charge < -0.3 is 19.9 Å². The summed E-state index contributed by atoms with van der Waals surface area (Å²) in [4.78, 5) is 6.69. The number of nitrogens with zero attached hydrogens (tertiary/aromatic N) is 3. The van der Waals surface area contributed by atoms with E-state index in [1.54, 1.807) is 13.3 Å². The average Bonchev–Trinajstić information content (AvgIpc) is 3.17. The lowest BCUT2D eigenvalue weighted by Gasteiger charge is -2.27. The molecule has 1 aliphatic heterocycles. The van der Waals surface area contributed by atoms with Gasteiger partial charge in [-0.3, -0.25) is 9.89 Å². The molecule has 7 nitrogen and oxygen atoms in total. The van der Waals surface area contributed by atoms with Crippen LogP contribution < -0.4 is 10.6 Å². The molecule has 8 heteroatoms. The molecule has 0 aliphatic carbocycles. The van der Waals surface area contributed by atoms with Crippen LogP contribution in [0.1, 0.15) is 16.8 Å². The molecular weight excluding hydrogens is 445 g/mol. The highest BCUT2D eigenvalue weighted by Gasteiger charge is 2.12. The third kappa shape index (κ3) is 6.26. The van der Waals surface area contributed by atoms with E-state index in [9.17, 15) is 0 Å². The molecule has 2 heterocycles. The number of halogens is 1. The van der Waals surface area contributed by atoms with Crippen molar-refractivity contribution in [3.8, 4) is 0 Å². The zero-order valence-corrected chi connectivity index (χ0v) is 17.3. The van der Waals surface area contributed by atoms with E-state index in [4.69, 9.17) is 9.26 Å². The van der Waals surface area contributed by atoms with Crippen LogP contribution in [-0.4, -0.2) is 49.4 Å². The average molecular weight is 471 g/mol. The fraction of sp³-hybridized carbons (Fsp3) is 0.444. The van der Waals surface area contributed by atoms with Crippen LogP contribution >= 0.6 is 24.0 Å². The number of hydrogen-bond acceptors (Lipinski definition) is 5. The molecule has 0 spiro atoms. The molecule has 0 amide bonds. The Labute approximate surface area is 171 Å². The van der Waals surface area contributed by atoms with Crippen LogP contribution in [0.3, 0.4) is 0 Å². The molecular formula is C18H26IN5O2. The molecule has 0 saturated carbocycles. The first-order valence-electron chi connectivity index (χ1n) is 8.56. The molecule has 0 atom stereocenters. The Bertz CT molecular complexity index is 672. The Morgan fingerprint density at radius 2 is 1.85 bits per heavy atom. The van der Waals surface area contributed by atoms with Gasteiger partial charge in [-0.05, 0) is 11.1 Å². The van der Waals surface area contributed by atoms with Gasteiger partial charge in [0, 0.05) is 39.3 Å². The number of nitrogens with one attached hydrogen (secondary N) is 2. The van der Waals surface area contributed by atoms with E-state index in [0.717, 1.165) is 51.0 Å². The summed E-state index contributed by atoms with van der Waals surface area (Å²) >= 11 is 0. The molecule has 142 valence electrons. The van der Waals surface area contributed by atoms with Crippen molar-refractivity contribution in [3.05, 3.63) is 53.4 Å². The van der Waals surface area contributed by atoms with Crippen LogP contribution in [0.2, 0.25) is 0 Å². The van der Waals surface area contributed by atoms with Crippen molar-refractivity contribution < 1.29 is 9.26 Å². The molecule has 0 radical (unpaired) electrons. The van der Waals surface area contributed by atoms with Crippen molar-refractivity contribution in [2.45, 2.75) is 19.6 Å². The predicted octanol–water partition coefficient (Wildman–Crippen LogP) is 1.99. The van der Waals surface area contributed by atoms with E-state index in [1.807, 2.05) is 6.07 Å². The van der Waals surface area contributed by atoms with Crippen molar-refractivity contribution >= 4 is 29.9 Å². The fourth-order valence-electron chi connectivity index (χ4n) is 2.79. The Morgan fingerprint density at radius 3 is 2.54 bits per heavy atom. The normalized spacial score (nSPS) is 15.3. The molecule has 1 saturated heterocycles. The molecule has 26 heavy (non-hydrogen) atoms.